The van der Waals surface area contributed by atoms with Gasteiger partial charge in [0.1, 0.15) is 17.2 Å². The second-order valence-corrected chi connectivity index (χ2v) is 4.59. The number of rotatable bonds is 6. The Balaban J connectivity index is 2.95. The zero-order valence-corrected chi connectivity index (χ0v) is 12.6. The van der Waals surface area contributed by atoms with Crippen molar-refractivity contribution < 1.29 is 19.3 Å². The van der Waals surface area contributed by atoms with Gasteiger partial charge in [0.2, 0.25) is 0 Å². The third-order valence-electron chi connectivity index (χ3n) is 3.54. The minimum atomic E-state index is -0.0736. The fourth-order valence-electron chi connectivity index (χ4n) is 2.60. The number of fused-ring (bicyclic) bond motifs is 1. The summed E-state index contributed by atoms with van der Waals surface area (Å²) in [7, 11) is 4.85. The van der Waals surface area contributed by atoms with Crippen molar-refractivity contribution in [2.24, 2.45) is 0 Å². The van der Waals surface area contributed by atoms with Crippen LogP contribution in [0.1, 0.15) is 11.1 Å². The lowest BCUT2D eigenvalue weighted by atomic mass is 9.96. The molecule has 2 aromatic carbocycles. The summed E-state index contributed by atoms with van der Waals surface area (Å²) in [5, 5.41) is 11.3. The second-order valence-electron chi connectivity index (χ2n) is 4.59. The minimum Gasteiger partial charge on any atom is -0.496 e. The molecule has 0 aliphatic heterocycles. The van der Waals surface area contributed by atoms with Crippen LogP contribution in [-0.2, 0) is 13.0 Å². The first-order valence-corrected chi connectivity index (χ1v) is 6.66. The summed E-state index contributed by atoms with van der Waals surface area (Å²) in [5.41, 5.74) is 1.71. The Morgan fingerprint density at radius 2 is 1.76 bits per heavy atom. The van der Waals surface area contributed by atoms with E-state index in [0.29, 0.717) is 23.7 Å². The highest BCUT2D eigenvalue weighted by Gasteiger charge is 2.18. The zero-order valence-electron chi connectivity index (χ0n) is 12.6. The molecule has 4 heteroatoms. The van der Waals surface area contributed by atoms with Crippen LogP contribution in [0.4, 0.5) is 0 Å². The Morgan fingerprint density at radius 3 is 2.29 bits per heavy atom. The van der Waals surface area contributed by atoms with Crippen molar-refractivity contribution >= 4 is 10.8 Å². The van der Waals surface area contributed by atoms with Crippen LogP contribution in [0.5, 0.6) is 17.2 Å². The van der Waals surface area contributed by atoms with E-state index < -0.39 is 0 Å². The lowest BCUT2D eigenvalue weighted by molar-refractivity contribution is 0.280. The molecule has 0 bridgehead atoms. The van der Waals surface area contributed by atoms with E-state index in [-0.39, 0.29) is 6.61 Å². The Bertz CT molecular complexity index is 662. The third-order valence-corrected chi connectivity index (χ3v) is 3.54. The first kappa shape index (κ1) is 15.2. The predicted molar refractivity (Wildman–Crippen MR) is 83.4 cm³/mol. The summed E-state index contributed by atoms with van der Waals surface area (Å²) in [5.74, 6) is 2.11. The van der Waals surface area contributed by atoms with Crippen LogP contribution in [0.15, 0.2) is 30.9 Å². The van der Waals surface area contributed by atoms with Crippen molar-refractivity contribution in [1.29, 1.82) is 0 Å². The Labute approximate surface area is 124 Å². The number of aliphatic hydroxyl groups excluding tert-OH is 1. The normalized spacial score (nSPS) is 10.5. The highest BCUT2D eigenvalue weighted by Crippen LogP contribution is 2.43. The summed E-state index contributed by atoms with van der Waals surface area (Å²) in [6.07, 6.45) is 2.39. The van der Waals surface area contributed by atoms with Gasteiger partial charge in [0.15, 0.2) is 0 Å². The maximum Gasteiger partial charge on any atom is 0.134 e. The number of allylic oxidation sites excluding steroid dienone is 1. The monoisotopic (exact) mass is 288 g/mol. The van der Waals surface area contributed by atoms with E-state index in [1.54, 1.807) is 27.4 Å². The molecule has 0 aliphatic carbocycles. The molecular formula is C17H20O4. The highest BCUT2D eigenvalue weighted by atomic mass is 16.5. The SMILES string of the molecule is C=CCc1c(CO)cc2c(OC)ccc(OC)c2c1OC. The average molecular weight is 288 g/mol. The van der Waals surface area contributed by atoms with Gasteiger partial charge in [-0.25, -0.2) is 0 Å². The van der Waals surface area contributed by atoms with E-state index in [0.717, 1.165) is 21.9 Å². The predicted octanol–water partition coefficient (Wildman–Crippen LogP) is 3.09. The fraction of sp³-hybridized carbons (Fsp3) is 0.294. The van der Waals surface area contributed by atoms with Crippen LogP contribution in [-0.4, -0.2) is 26.4 Å². The van der Waals surface area contributed by atoms with Crippen molar-refractivity contribution in [2.75, 3.05) is 21.3 Å². The maximum absolute atomic E-state index is 9.65. The van der Waals surface area contributed by atoms with Gasteiger partial charge in [0.05, 0.1) is 33.3 Å². The molecule has 2 aromatic rings. The van der Waals surface area contributed by atoms with Crippen molar-refractivity contribution in [3.8, 4) is 17.2 Å². The lowest BCUT2D eigenvalue weighted by Gasteiger charge is -2.18. The van der Waals surface area contributed by atoms with Crippen LogP contribution in [0.2, 0.25) is 0 Å². The second kappa shape index (κ2) is 6.50. The van der Waals surface area contributed by atoms with E-state index in [4.69, 9.17) is 14.2 Å². The summed E-state index contributed by atoms with van der Waals surface area (Å²) in [6, 6.07) is 5.60. The van der Waals surface area contributed by atoms with E-state index in [2.05, 4.69) is 6.58 Å². The third kappa shape index (κ3) is 2.54. The largest absolute Gasteiger partial charge is 0.496 e. The zero-order chi connectivity index (χ0) is 15.4. The molecule has 112 valence electrons. The van der Waals surface area contributed by atoms with E-state index >= 15 is 0 Å². The number of hydrogen-bond acceptors (Lipinski definition) is 4. The van der Waals surface area contributed by atoms with Crippen molar-refractivity contribution in [1.82, 2.24) is 0 Å². The molecule has 21 heavy (non-hydrogen) atoms. The van der Waals surface area contributed by atoms with Crippen molar-refractivity contribution in [2.45, 2.75) is 13.0 Å². The molecular weight excluding hydrogens is 268 g/mol. The van der Waals surface area contributed by atoms with Gasteiger partial charge in [0, 0.05) is 10.9 Å². The van der Waals surface area contributed by atoms with E-state index in [1.165, 1.54) is 0 Å². The molecule has 0 fully saturated rings. The molecule has 0 radical (unpaired) electrons. The number of hydrogen-bond donors (Lipinski definition) is 1. The van der Waals surface area contributed by atoms with Gasteiger partial charge >= 0.3 is 0 Å². The van der Waals surface area contributed by atoms with Crippen molar-refractivity contribution in [3.05, 3.63) is 42.0 Å². The first-order chi connectivity index (χ1) is 10.2. The van der Waals surface area contributed by atoms with E-state index in [9.17, 15) is 5.11 Å². The molecule has 0 heterocycles. The van der Waals surface area contributed by atoms with Gasteiger partial charge in [-0.3, -0.25) is 0 Å². The van der Waals surface area contributed by atoms with Gasteiger partial charge < -0.3 is 19.3 Å². The molecule has 0 saturated heterocycles. The van der Waals surface area contributed by atoms with E-state index in [1.807, 2.05) is 18.2 Å². The number of ether oxygens (including phenoxy) is 3. The Kier molecular flexibility index (Phi) is 4.70. The van der Waals surface area contributed by atoms with Gasteiger partial charge in [0.25, 0.3) is 0 Å². The maximum atomic E-state index is 9.65. The Hall–Kier alpha value is -2.20. The highest BCUT2D eigenvalue weighted by molar-refractivity contribution is 5.99. The van der Waals surface area contributed by atoms with Gasteiger partial charge in [-0.2, -0.15) is 0 Å². The van der Waals surface area contributed by atoms with Crippen molar-refractivity contribution in [3.63, 3.8) is 0 Å². The number of benzene rings is 2. The summed E-state index contributed by atoms with van der Waals surface area (Å²) in [6.45, 7) is 3.70. The summed E-state index contributed by atoms with van der Waals surface area (Å²) in [4.78, 5) is 0. The average Bonchev–Trinajstić information content (AvgIpc) is 2.53. The molecule has 0 aromatic heterocycles. The Morgan fingerprint density at radius 1 is 1.10 bits per heavy atom. The van der Waals surface area contributed by atoms with Gasteiger partial charge in [-0.1, -0.05) is 6.08 Å². The van der Waals surface area contributed by atoms with Gasteiger partial charge in [-0.15, -0.1) is 6.58 Å². The topological polar surface area (TPSA) is 47.9 Å². The van der Waals surface area contributed by atoms with Crippen LogP contribution in [0.3, 0.4) is 0 Å². The number of aliphatic hydroxyl groups is 1. The first-order valence-electron chi connectivity index (χ1n) is 6.66. The molecule has 0 atom stereocenters. The molecule has 0 saturated carbocycles. The number of methoxy groups -OCH3 is 3. The lowest BCUT2D eigenvalue weighted by Crippen LogP contribution is -2.01. The molecule has 0 spiro atoms. The van der Waals surface area contributed by atoms with Crippen LogP contribution >= 0.6 is 0 Å². The van der Waals surface area contributed by atoms with Gasteiger partial charge in [-0.05, 0) is 30.2 Å². The summed E-state index contributed by atoms with van der Waals surface area (Å²) >= 11 is 0. The smallest absolute Gasteiger partial charge is 0.134 e. The summed E-state index contributed by atoms with van der Waals surface area (Å²) < 4.78 is 16.5. The standard InChI is InChI=1S/C17H20O4/c1-5-6-12-11(10-18)9-13-14(19-2)7-8-15(20-3)16(13)17(12)21-4/h5,7-9,18H,1,6,10H2,2-4H3. The molecule has 0 aliphatic rings. The molecule has 2 rings (SSSR count). The minimum absolute atomic E-state index is 0.0736. The molecule has 4 nitrogen and oxygen atoms in total. The van der Waals surface area contributed by atoms with Crippen LogP contribution in [0.25, 0.3) is 10.8 Å². The fourth-order valence-corrected chi connectivity index (χ4v) is 2.60. The quantitative estimate of drug-likeness (QED) is 0.830. The molecule has 1 N–H and O–H groups in total. The molecule has 0 unspecified atom stereocenters. The van der Waals surface area contributed by atoms with Crippen LogP contribution in [0, 0.1) is 0 Å². The molecule has 0 amide bonds. The van der Waals surface area contributed by atoms with Crippen LogP contribution < -0.4 is 14.2 Å².